The molecule has 1 aliphatic rings. The van der Waals surface area contributed by atoms with Crippen LogP contribution in [0.15, 0.2) is 64.4 Å². The van der Waals surface area contributed by atoms with E-state index in [4.69, 9.17) is 4.42 Å². The first-order chi connectivity index (χ1) is 10.9. The molecular formula is C19H18N2O. The Morgan fingerprint density at radius 2 is 1.82 bits per heavy atom. The first-order valence-corrected chi connectivity index (χ1v) is 7.72. The Morgan fingerprint density at radius 1 is 0.955 bits per heavy atom. The van der Waals surface area contributed by atoms with Crippen LogP contribution in [-0.4, -0.2) is 18.9 Å². The van der Waals surface area contributed by atoms with Gasteiger partial charge in [0.2, 0.25) is 0 Å². The summed E-state index contributed by atoms with van der Waals surface area (Å²) in [6, 6.07) is 14.9. The lowest BCUT2D eigenvalue weighted by Gasteiger charge is -2.10. The summed E-state index contributed by atoms with van der Waals surface area (Å²) in [6.07, 6.45) is 5.66. The predicted molar refractivity (Wildman–Crippen MR) is 89.5 cm³/mol. The molecule has 1 aromatic heterocycles. The molecule has 22 heavy (non-hydrogen) atoms. The highest BCUT2D eigenvalue weighted by Gasteiger charge is 2.12. The number of rotatable bonds is 4. The normalized spacial score (nSPS) is 14.1. The number of amidine groups is 1. The zero-order valence-electron chi connectivity index (χ0n) is 12.4. The molecular weight excluding hydrogens is 272 g/mol. The second-order valence-corrected chi connectivity index (χ2v) is 5.61. The van der Waals surface area contributed by atoms with Crippen molar-refractivity contribution in [1.29, 1.82) is 0 Å². The number of nitrogens with zero attached hydrogens (tertiary/aromatic N) is 1. The van der Waals surface area contributed by atoms with Crippen LogP contribution in [0.5, 0.6) is 0 Å². The third kappa shape index (κ3) is 2.39. The molecule has 0 saturated heterocycles. The van der Waals surface area contributed by atoms with E-state index in [-0.39, 0.29) is 0 Å². The average Bonchev–Trinajstić information content (AvgIpc) is 3.24. The van der Waals surface area contributed by atoms with Gasteiger partial charge in [-0.1, -0.05) is 42.5 Å². The molecule has 3 heteroatoms. The van der Waals surface area contributed by atoms with Gasteiger partial charge in [-0.05, 0) is 24.0 Å². The minimum absolute atomic E-state index is 0.873. The van der Waals surface area contributed by atoms with Gasteiger partial charge in [0.25, 0.3) is 0 Å². The minimum Gasteiger partial charge on any atom is -0.471 e. The van der Waals surface area contributed by atoms with Crippen molar-refractivity contribution in [3.63, 3.8) is 0 Å². The summed E-state index contributed by atoms with van der Waals surface area (Å²) in [5, 5.41) is 5.76. The van der Waals surface area contributed by atoms with Gasteiger partial charge in [0.1, 0.15) is 5.84 Å². The van der Waals surface area contributed by atoms with Crippen LogP contribution >= 0.6 is 0 Å². The van der Waals surface area contributed by atoms with Crippen LogP contribution in [0.4, 0.5) is 0 Å². The molecule has 0 amide bonds. The standard InChI is InChI=1S/C19H18N2O/c1-2-7-17(19-20-10-11-21-19)14(4-1)8-9-15-5-3-6-16-12-22-13-18(15)16/h1-7,12-13H,8-11H2,(H,20,21). The summed E-state index contributed by atoms with van der Waals surface area (Å²) in [4.78, 5) is 4.55. The van der Waals surface area contributed by atoms with Crippen LogP contribution in [0.2, 0.25) is 0 Å². The van der Waals surface area contributed by atoms with Crippen molar-refractivity contribution in [2.45, 2.75) is 12.8 Å². The van der Waals surface area contributed by atoms with Crippen molar-refractivity contribution in [3.05, 3.63) is 71.7 Å². The molecule has 0 saturated carbocycles. The second kappa shape index (κ2) is 5.68. The molecule has 1 N–H and O–H groups in total. The van der Waals surface area contributed by atoms with E-state index in [1.807, 2.05) is 12.5 Å². The highest BCUT2D eigenvalue weighted by Crippen LogP contribution is 2.22. The molecule has 1 aliphatic heterocycles. The van der Waals surface area contributed by atoms with Gasteiger partial charge in [-0.15, -0.1) is 0 Å². The first-order valence-electron chi connectivity index (χ1n) is 7.72. The van der Waals surface area contributed by atoms with E-state index >= 15 is 0 Å². The molecule has 0 spiro atoms. The van der Waals surface area contributed by atoms with Gasteiger partial charge in [-0.2, -0.15) is 0 Å². The Bertz CT molecular complexity index is 832. The number of fused-ring (bicyclic) bond motifs is 1. The Labute approximate surface area is 129 Å². The van der Waals surface area contributed by atoms with E-state index in [1.54, 1.807) is 0 Å². The van der Waals surface area contributed by atoms with Gasteiger partial charge < -0.3 is 9.73 Å². The van der Waals surface area contributed by atoms with Gasteiger partial charge in [0.05, 0.1) is 19.1 Å². The van der Waals surface area contributed by atoms with Gasteiger partial charge >= 0.3 is 0 Å². The third-order valence-electron chi connectivity index (χ3n) is 4.22. The zero-order chi connectivity index (χ0) is 14.8. The van der Waals surface area contributed by atoms with Crippen LogP contribution in [0, 0.1) is 0 Å². The maximum atomic E-state index is 5.33. The van der Waals surface area contributed by atoms with Crippen molar-refractivity contribution in [1.82, 2.24) is 5.32 Å². The largest absolute Gasteiger partial charge is 0.471 e. The Morgan fingerprint density at radius 3 is 2.73 bits per heavy atom. The number of nitrogens with one attached hydrogen (secondary N) is 1. The van der Waals surface area contributed by atoms with Crippen molar-refractivity contribution in [3.8, 4) is 0 Å². The number of benzene rings is 2. The van der Waals surface area contributed by atoms with E-state index in [1.165, 1.54) is 27.5 Å². The summed E-state index contributed by atoms with van der Waals surface area (Å²) in [6.45, 7) is 1.82. The maximum absolute atomic E-state index is 5.33. The SMILES string of the molecule is c1ccc(C2=NCCN2)c(CCc2cccc3cocc23)c1. The predicted octanol–water partition coefficient (Wildman–Crippen LogP) is 3.57. The molecule has 0 atom stereocenters. The highest BCUT2D eigenvalue weighted by molar-refractivity contribution is 6.01. The minimum atomic E-state index is 0.873. The molecule has 3 aromatic rings. The van der Waals surface area contributed by atoms with Crippen molar-refractivity contribution in [2.75, 3.05) is 13.1 Å². The Hall–Kier alpha value is -2.55. The number of furan rings is 1. The van der Waals surface area contributed by atoms with Crippen molar-refractivity contribution in [2.24, 2.45) is 4.99 Å². The summed E-state index contributed by atoms with van der Waals surface area (Å²) in [5.41, 5.74) is 3.91. The summed E-state index contributed by atoms with van der Waals surface area (Å²) in [7, 11) is 0. The Balaban J connectivity index is 1.61. The molecule has 0 fully saturated rings. The van der Waals surface area contributed by atoms with E-state index < -0.39 is 0 Å². The number of aliphatic imine (C=N–C) groups is 1. The lowest BCUT2D eigenvalue weighted by molar-refractivity contribution is 0.572. The molecule has 3 nitrogen and oxygen atoms in total. The first kappa shape index (κ1) is 13.1. The lowest BCUT2D eigenvalue weighted by Crippen LogP contribution is -2.21. The van der Waals surface area contributed by atoms with Gasteiger partial charge in [-0.25, -0.2) is 0 Å². The molecule has 4 rings (SSSR count). The van der Waals surface area contributed by atoms with Crippen LogP contribution in [0.3, 0.4) is 0 Å². The second-order valence-electron chi connectivity index (χ2n) is 5.61. The smallest absolute Gasteiger partial charge is 0.128 e. The molecule has 0 radical (unpaired) electrons. The van der Waals surface area contributed by atoms with E-state index in [0.29, 0.717) is 0 Å². The fourth-order valence-corrected chi connectivity index (χ4v) is 3.09. The number of hydrogen-bond acceptors (Lipinski definition) is 3. The fourth-order valence-electron chi connectivity index (χ4n) is 3.09. The molecule has 0 bridgehead atoms. The van der Waals surface area contributed by atoms with Gasteiger partial charge in [0.15, 0.2) is 0 Å². The molecule has 2 aromatic carbocycles. The topological polar surface area (TPSA) is 37.5 Å². The van der Waals surface area contributed by atoms with E-state index in [9.17, 15) is 0 Å². The molecule has 110 valence electrons. The number of hydrogen-bond donors (Lipinski definition) is 1. The van der Waals surface area contributed by atoms with Crippen LogP contribution in [0.1, 0.15) is 16.7 Å². The highest BCUT2D eigenvalue weighted by atomic mass is 16.3. The molecule has 0 unspecified atom stereocenters. The van der Waals surface area contributed by atoms with Crippen molar-refractivity contribution < 1.29 is 4.42 Å². The zero-order valence-corrected chi connectivity index (χ0v) is 12.4. The fraction of sp³-hybridized carbons (Fsp3) is 0.211. The van der Waals surface area contributed by atoms with Crippen LogP contribution in [0.25, 0.3) is 10.8 Å². The summed E-state index contributed by atoms with van der Waals surface area (Å²) >= 11 is 0. The number of aryl methyl sites for hydroxylation is 2. The molecule has 0 aliphatic carbocycles. The van der Waals surface area contributed by atoms with Gasteiger partial charge in [0, 0.05) is 22.9 Å². The van der Waals surface area contributed by atoms with E-state index in [0.717, 1.165) is 31.8 Å². The van der Waals surface area contributed by atoms with Crippen LogP contribution in [-0.2, 0) is 12.8 Å². The van der Waals surface area contributed by atoms with Crippen molar-refractivity contribution >= 4 is 16.6 Å². The maximum Gasteiger partial charge on any atom is 0.128 e. The quantitative estimate of drug-likeness (QED) is 0.797. The van der Waals surface area contributed by atoms with Gasteiger partial charge in [-0.3, -0.25) is 4.99 Å². The lowest BCUT2D eigenvalue weighted by atomic mass is 9.97. The Kier molecular flexibility index (Phi) is 3.39. The monoisotopic (exact) mass is 290 g/mol. The molecule has 2 heterocycles. The van der Waals surface area contributed by atoms with Crippen LogP contribution < -0.4 is 5.32 Å². The summed E-state index contributed by atoms with van der Waals surface area (Å²) in [5.74, 6) is 1.04. The third-order valence-corrected chi connectivity index (χ3v) is 4.22. The van der Waals surface area contributed by atoms with E-state index in [2.05, 4.69) is 52.8 Å². The average molecular weight is 290 g/mol. The summed E-state index contributed by atoms with van der Waals surface area (Å²) < 4.78 is 5.33.